The zero-order valence-electron chi connectivity index (χ0n) is 11.0. The maximum absolute atomic E-state index is 11.7. The third kappa shape index (κ3) is 3.85. The highest BCUT2D eigenvalue weighted by Gasteiger charge is 2.45. The molecule has 19 heavy (non-hydrogen) atoms. The van der Waals surface area contributed by atoms with Crippen LogP contribution < -0.4 is 0 Å². The van der Waals surface area contributed by atoms with Crippen LogP contribution in [0.1, 0.15) is 44.6 Å². The van der Waals surface area contributed by atoms with E-state index in [9.17, 15) is 9.90 Å². The van der Waals surface area contributed by atoms with Gasteiger partial charge in [-0.05, 0) is 35.5 Å². The molecule has 5 heteroatoms. The molecule has 1 atom stereocenters. The van der Waals surface area contributed by atoms with Crippen LogP contribution in [0.2, 0.25) is 0 Å². The SMILES string of the molecule is CCCCCCC(C(=O)O)(c1ccccc1)N(Cl)Cl. The molecule has 1 aromatic carbocycles. The van der Waals surface area contributed by atoms with E-state index in [-0.39, 0.29) is 0 Å². The monoisotopic (exact) mass is 303 g/mol. The molecule has 0 saturated heterocycles. The first-order valence-corrected chi connectivity index (χ1v) is 7.14. The Morgan fingerprint density at radius 3 is 2.32 bits per heavy atom. The van der Waals surface area contributed by atoms with Crippen molar-refractivity contribution < 1.29 is 9.90 Å². The van der Waals surface area contributed by atoms with E-state index in [4.69, 9.17) is 23.6 Å². The van der Waals surface area contributed by atoms with Crippen molar-refractivity contribution in [3.63, 3.8) is 0 Å². The lowest BCUT2D eigenvalue weighted by molar-refractivity contribution is -0.147. The van der Waals surface area contributed by atoms with Gasteiger partial charge in [-0.3, -0.25) is 0 Å². The summed E-state index contributed by atoms with van der Waals surface area (Å²) in [6.07, 6.45) is 4.30. The summed E-state index contributed by atoms with van der Waals surface area (Å²) in [6, 6.07) is 8.89. The Morgan fingerprint density at radius 2 is 1.84 bits per heavy atom. The Morgan fingerprint density at radius 1 is 1.21 bits per heavy atom. The van der Waals surface area contributed by atoms with E-state index in [2.05, 4.69) is 6.92 Å². The summed E-state index contributed by atoms with van der Waals surface area (Å²) >= 11 is 11.7. The highest BCUT2D eigenvalue weighted by Crippen LogP contribution is 2.37. The fraction of sp³-hybridized carbons (Fsp3) is 0.500. The number of nitrogens with zero attached hydrogens (tertiary/aromatic N) is 1. The number of carboxylic acid groups (broad SMARTS) is 1. The molecule has 0 radical (unpaired) electrons. The van der Waals surface area contributed by atoms with Gasteiger partial charge in [0.15, 0.2) is 5.54 Å². The lowest BCUT2D eigenvalue weighted by Gasteiger charge is -2.32. The van der Waals surface area contributed by atoms with E-state index in [0.29, 0.717) is 12.0 Å². The number of rotatable bonds is 8. The number of halogens is 2. The van der Waals surface area contributed by atoms with E-state index >= 15 is 0 Å². The molecular weight excluding hydrogens is 285 g/mol. The number of hydrogen-bond donors (Lipinski definition) is 1. The van der Waals surface area contributed by atoms with Crippen molar-refractivity contribution in [3.8, 4) is 0 Å². The van der Waals surface area contributed by atoms with Crippen molar-refractivity contribution in [3.05, 3.63) is 35.9 Å². The Hall–Kier alpha value is -0.770. The van der Waals surface area contributed by atoms with Crippen molar-refractivity contribution in [1.82, 2.24) is 3.94 Å². The number of carboxylic acids is 1. The summed E-state index contributed by atoms with van der Waals surface area (Å²) in [5.41, 5.74) is -0.776. The molecule has 0 bridgehead atoms. The molecular formula is C14H19Cl2NO2. The predicted octanol–water partition coefficient (Wildman–Crippen LogP) is 4.55. The number of hydrogen-bond acceptors (Lipinski definition) is 2. The third-order valence-electron chi connectivity index (χ3n) is 3.29. The number of aliphatic carboxylic acids is 1. The van der Waals surface area contributed by atoms with Crippen LogP contribution in [0.25, 0.3) is 0 Å². The minimum Gasteiger partial charge on any atom is -0.480 e. The maximum atomic E-state index is 11.7. The molecule has 1 N–H and O–H groups in total. The molecule has 0 aliphatic rings. The first-order chi connectivity index (χ1) is 9.05. The Kier molecular flexibility index (Phi) is 6.63. The summed E-state index contributed by atoms with van der Waals surface area (Å²) < 4.78 is 0.774. The summed E-state index contributed by atoms with van der Waals surface area (Å²) in [7, 11) is 0. The maximum Gasteiger partial charge on any atom is 0.331 e. The van der Waals surface area contributed by atoms with Gasteiger partial charge in [-0.25, -0.2) is 4.79 Å². The van der Waals surface area contributed by atoms with Gasteiger partial charge in [-0.2, -0.15) is 0 Å². The van der Waals surface area contributed by atoms with Gasteiger partial charge in [0.05, 0.1) is 0 Å². The quantitative estimate of drug-likeness (QED) is 0.566. The molecule has 1 unspecified atom stereocenters. The van der Waals surface area contributed by atoms with Crippen molar-refractivity contribution in [1.29, 1.82) is 0 Å². The van der Waals surface area contributed by atoms with Crippen molar-refractivity contribution >= 4 is 29.5 Å². The zero-order valence-corrected chi connectivity index (χ0v) is 12.5. The summed E-state index contributed by atoms with van der Waals surface area (Å²) in [5.74, 6) is -1.03. The van der Waals surface area contributed by atoms with Crippen LogP contribution in [-0.4, -0.2) is 15.0 Å². The van der Waals surface area contributed by atoms with Crippen LogP contribution >= 0.6 is 23.6 Å². The lowest BCUT2D eigenvalue weighted by atomic mass is 9.85. The molecule has 106 valence electrons. The molecule has 0 aliphatic heterocycles. The Labute approximate surface area is 124 Å². The average Bonchev–Trinajstić information content (AvgIpc) is 2.39. The van der Waals surface area contributed by atoms with Gasteiger partial charge in [-0.1, -0.05) is 62.9 Å². The molecule has 0 heterocycles. The van der Waals surface area contributed by atoms with Gasteiger partial charge in [0.2, 0.25) is 0 Å². The highest BCUT2D eigenvalue weighted by atomic mass is 35.5. The van der Waals surface area contributed by atoms with Gasteiger partial charge in [-0.15, -0.1) is 3.94 Å². The van der Waals surface area contributed by atoms with E-state index in [1.807, 2.05) is 6.07 Å². The first kappa shape index (κ1) is 16.3. The van der Waals surface area contributed by atoms with Crippen LogP contribution in [0.4, 0.5) is 0 Å². The zero-order chi connectivity index (χ0) is 14.3. The number of carbonyl (C=O) groups is 1. The predicted molar refractivity (Wildman–Crippen MR) is 78.1 cm³/mol. The summed E-state index contributed by atoms with van der Waals surface area (Å²) in [5, 5.41) is 9.59. The molecule has 3 nitrogen and oxygen atoms in total. The van der Waals surface area contributed by atoms with Gasteiger partial charge in [0.25, 0.3) is 0 Å². The van der Waals surface area contributed by atoms with Crippen LogP contribution in [-0.2, 0) is 10.3 Å². The van der Waals surface area contributed by atoms with Crippen LogP contribution in [0, 0.1) is 0 Å². The summed E-state index contributed by atoms with van der Waals surface area (Å²) in [4.78, 5) is 11.7. The minimum atomic E-state index is -1.38. The van der Waals surface area contributed by atoms with Crippen LogP contribution in [0.5, 0.6) is 0 Å². The van der Waals surface area contributed by atoms with Gasteiger partial charge in [0.1, 0.15) is 0 Å². The van der Waals surface area contributed by atoms with E-state index in [1.54, 1.807) is 24.3 Å². The average molecular weight is 304 g/mol. The van der Waals surface area contributed by atoms with Gasteiger partial charge in [0, 0.05) is 0 Å². The standard InChI is InChI=1S/C14H19Cl2NO2/c1-2-3-4-8-11-14(13(18)19,17(15)16)12-9-6-5-7-10-12/h5-7,9-10H,2-4,8,11H2,1H3,(H,18,19). The van der Waals surface area contributed by atoms with E-state index in [0.717, 1.165) is 29.6 Å². The normalized spacial score (nSPS) is 14.3. The minimum absolute atomic E-state index is 0.388. The molecule has 0 fully saturated rings. The molecule has 0 spiro atoms. The highest BCUT2D eigenvalue weighted by molar-refractivity contribution is 6.35. The first-order valence-electron chi connectivity index (χ1n) is 6.46. The van der Waals surface area contributed by atoms with E-state index < -0.39 is 11.5 Å². The second-order valence-electron chi connectivity index (χ2n) is 4.58. The molecule has 0 saturated carbocycles. The fourth-order valence-electron chi connectivity index (χ4n) is 2.15. The summed E-state index contributed by atoms with van der Waals surface area (Å²) in [6.45, 7) is 2.11. The topological polar surface area (TPSA) is 40.5 Å². The smallest absolute Gasteiger partial charge is 0.331 e. The Bertz CT molecular complexity index is 398. The molecule has 1 rings (SSSR count). The van der Waals surface area contributed by atoms with Gasteiger partial charge < -0.3 is 5.11 Å². The van der Waals surface area contributed by atoms with Crippen LogP contribution in [0.15, 0.2) is 30.3 Å². The number of unbranched alkanes of at least 4 members (excludes halogenated alkanes) is 3. The van der Waals surface area contributed by atoms with Crippen molar-refractivity contribution in [2.24, 2.45) is 0 Å². The number of benzene rings is 1. The second kappa shape index (κ2) is 7.73. The second-order valence-corrected chi connectivity index (χ2v) is 5.42. The third-order valence-corrected chi connectivity index (χ3v) is 3.86. The molecule has 0 aliphatic carbocycles. The fourth-order valence-corrected chi connectivity index (χ4v) is 2.66. The van der Waals surface area contributed by atoms with Crippen LogP contribution in [0.3, 0.4) is 0 Å². The lowest BCUT2D eigenvalue weighted by Crippen LogP contribution is -2.43. The van der Waals surface area contributed by atoms with Crippen molar-refractivity contribution in [2.45, 2.75) is 44.6 Å². The van der Waals surface area contributed by atoms with E-state index in [1.165, 1.54) is 0 Å². The largest absolute Gasteiger partial charge is 0.480 e. The van der Waals surface area contributed by atoms with Gasteiger partial charge >= 0.3 is 5.97 Å². The van der Waals surface area contributed by atoms with Crippen molar-refractivity contribution in [2.75, 3.05) is 0 Å². The molecule has 0 amide bonds. The molecule has 0 aromatic heterocycles. The Balaban J connectivity index is 2.99. The molecule has 1 aromatic rings.